The topological polar surface area (TPSA) is 98.1 Å². The summed E-state index contributed by atoms with van der Waals surface area (Å²) < 4.78 is 0. The van der Waals surface area contributed by atoms with Gasteiger partial charge in [-0.3, -0.25) is 4.79 Å². The molecule has 1 rings (SSSR count). The van der Waals surface area contributed by atoms with Crippen molar-refractivity contribution in [3.8, 4) is 0 Å². The van der Waals surface area contributed by atoms with Crippen molar-refractivity contribution in [2.45, 2.75) is 0 Å². The summed E-state index contributed by atoms with van der Waals surface area (Å²) in [6.45, 7) is 0. The van der Waals surface area contributed by atoms with Gasteiger partial charge in [0.2, 0.25) is 0 Å². The van der Waals surface area contributed by atoms with Crippen LogP contribution in [-0.4, -0.2) is 21.0 Å². The van der Waals surface area contributed by atoms with Crippen LogP contribution in [0.4, 0.5) is 0 Å². The summed E-state index contributed by atoms with van der Waals surface area (Å²) in [4.78, 5) is 30.3. The molecule has 1 aromatic heterocycles. The van der Waals surface area contributed by atoms with Crippen molar-refractivity contribution in [3.05, 3.63) is 34.4 Å². The number of hydrogen-bond donors (Lipinski definition) is 1. The lowest BCUT2D eigenvalue weighted by Crippen LogP contribution is -2.06. The van der Waals surface area contributed by atoms with E-state index in [0.29, 0.717) is 5.82 Å². The lowest BCUT2D eigenvalue weighted by Gasteiger charge is -1.87. The lowest BCUT2D eigenvalue weighted by molar-refractivity contribution is -0.728. The molecule has 0 bridgehead atoms. The minimum atomic E-state index is -1.17. The maximum Gasteiger partial charge on any atom is 0.327 e. The summed E-state index contributed by atoms with van der Waals surface area (Å²) in [5.41, 5.74) is 0. The molecule has 0 atom stereocenters. The van der Waals surface area contributed by atoms with Gasteiger partial charge in [0.1, 0.15) is 5.82 Å². The van der Waals surface area contributed by atoms with Crippen LogP contribution in [0.15, 0.2) is 18.5 Å². The number of carbonyl (C=O) groups is 1. The first kappa shape index (κ1) is 8.91. The van der Waals surface area contributed by atoms with Gasteiger partial charge in [0.05, 0.1) is 0 Å². The highest BCUT2D eigenvalue weighted by Gasteiger charge is 2.01. The molecule has 0 aromatic carbocycles. The summed E-state index contributed by atoms with van der Waals surface area (Å²) in [6.07, 6.45) is 5.21. The minimum Gasteiger partial charge on any atom is -0.345 e. The number of imidazole rings is 1. The fraction of sp³-hybridized carbons (Fsp3) is 0. The Bertz CT molecular complexity index is 330. The largest absolute Gasteiger partial charge is 0.345 e. The third-order valence-electron chi connectivity index (χ3n) is 1.06. The second kappa shape index (κ2) is 4.00. The van der Waals surface area contributed by atoms with E-state index < -0.39 is 11.1 Å². The van der Waals surface area contributed by atoms with E-state index in [1.165, 1.54) is 12.3 Å². The zero-order valence-electron chi connectivity index (χ0n) is 6.34. The Balaban J connectivity index is 2.49. The number of aromatic nitrogens is 2. The van der Waals surface area contributed by atoms with Crippen LogP contribution in [0.3, 0.4) is 0 Å². The molecule has 1 aromatic rings. The summed E-state index contributed by atoms with van der Waals surface area (Å²) in [6, 6.07) is 0. The number of nitrogens with one attached hydrogen (secondary N) is 1. The van der Waals surface area contributed by atoms with Gasteiger partial charge in [-0.2, -0.15) is 0 Å². The lowest BCUT2D eigenvalue weighted by atomic mass is 10.5. The molecule has 0 fully saturated rings. The van der Waals surface area contributed by atoms with E-state index in [9.17, 15) is 14.9 Å². The number of rotatable bonds is 3. The molecule has 0 aliphatic carbocycles. The van der Waals surface area contributed by atoms with E-state index in [-0.39, 0.29) is 0 Å². The third-order valence-corrected chi connectivity index (χ3v) is 1.06. The molecule has 0 saturated heterocycles. The normalized spacial score (nSPS) is 10.2. The highest BCUT2D eigenvalue weighted by atomic mass is 17.0. The first-order valence-corrected chi connectivity index (χ1v) is 3.22. The Hall–Kier alpha value is -2.18. The third kappa shape index (κ3) is 3.14. The van der Waals surface area contributed by atoms with Crippen LogP contribution >= 0.6 is 0 Å². The predicted octanol–water partition coefficient (Wildman–Crippen LogP) is 0.158. The SMILES string of the molecule is O=C(C=Cc1ncc[nH]1)O[N+](=O)[O-]. The molecule has 7 heteroatoms. The van der Waals surface area contributed by atoms with Crippen LogP contribution < -0.4 is 0 Å². The van der Waals surface area contributed by atoms with Gasteiger partial charge in [-0.25, -0.2) is 9.82 Å². The molecule has 68 valence electrons. The second-order valence-electron chi connectivity index (χ2n) is 1.94. The van der Waals surface area contributed by atoms with E-state index in [0.717, 1.165) is 6.08 Å². The maximum absolute atomic E-state index is 10.6. The number of carbonyl (C=O) groups excluding carboxylic acids is 1. The molecule has 1 N–H and O–H groups in total. The van der Waals surface area contributed by atoms with Crippen LogP contribution in [0.25, 0.3) is 6.08 Å². The number of hydrogen-bond acceptors (Lipinski definition) is 5. The summed E-state index contributed by atoms with van der Waals surface area (Å²) in [5, 5.41) is 8.50. The first-order chi connectivity index (χ1) is 6.18. The van der Waals surface area contributed by atoms with E-state index in [1.807, 2.05) is 0 Å². The molecule has 0 spiro atoms. The van der Waals surface area contributed by atoms with Gasteiger partial charge in [0, 0.05) is 18.5 Å². The van der Waals surface area contributed by atoms with Gasteiger partial charge in [-0.05, 0) is 6.08 Å². The van der Waals surface area contributed by atoms with Crippen LogP contribution in [-0.2, 0) is 9.63 Å². The molecular weight excluding hydrogens is 178 g/mol. The van der Waals surface area contributed by atoms with Crippen molar-refractivity contribution in [2.24, 2.45) is 0 Å². The predicted molar refractivity (Wildman–Crippen MR) is 40.7 cm³/mol. The molecular formula is C6H5N3O4. The maximum atomic E-state index is 10.6. The number of H-pyrrole nitrogens is 1. The molecule has 0 aliphatic heterocycles. The Morgan fingerprint density at radius 3 is 3.08 bits per heavy atom. The Morgan fingerprint density at radius 2 is 2.54 bits per heavy atom. The molecule has 0 saturated carbocycles. The van der Waals surface area contributed by atoms with Crippen molar-refractivity contribution >= 4 is 12.0 Å². The van der Waals surface area contributed by atoms with Crippen molar-refractivity contribution in [3.63, 3.8) is 0 Å². The van der Waals surface area contributed by atoms with E-state index in [4.69, 9.17) is 0 Å². The standard InChI is InChI=1S/C6H5N3O4/c10-6(13-9(11)12)2-1-5-7-3-4-8-5/h1-4H,(H,7,8). The fourth-order valence-electron chi connectivity index (χ4n) is 0.619. The summed E-state index contributed by atoms with van der Waals surface area (Å²) in [5.74, 6) is -0.637. The van der Waals surface area contributed by atoms with Crippen LogP contribution in [0, 0.1) is 10.1 Å². The van der Waals surface area contributed by atoms with Crippen molar-refractivity contribution in [1.82, 2.24) is 9.97 Å². The zero-order chi connectivity index (χ0) is 9.68. The van der Waals surface area contributed by atoms with Crippen molar-refractivity contribution < 1.29 is 14.7 Å². The molecule has 7 nitrogen and oxygen atoms in total. The Kier molecular flexibility index (Phi) is 2.74. The molecule has 0 amide bonds. The van der Waals surface area contributed by atoms with Crippen LogP contribution in [0.5, 0.6) is 0 Å². The smallest absolute Gasteiger partial charge is 0.327 e. The average molecular weight is 183 g/mol. The van der Waals surface area contributed by atoms with Crippen LogP contribution in [0.1, 0.15) is 5.82 Å². The quantitative estimate of drug-likeness (QED) is 0.408. The first-order valence-electron chi connectivity index (χ1n) is 3.22. The minimum absolute atomic E-state index is 0.417. The summed E-state index contributed by atoms with van der Waals surface area (Å²) >= 11 is 0. The van der Waals surface area contributed by atoms with Gasteiger partial charge < -0.3 is 4.98 Å². The van der Waals surface area contributed by atoms with Gasteiger partial charge in [-0.1, -0.05) is 0 Å². The highest BCUT2D eigenvalue weighted by Crippen LogP contribution is 1.92. The monoisotopic (exact) mass is 183 g/mol. The zero-order valence-corrected chi connectivity index (χ0v) is 6.34. The van der Waals surface area contributed by atoms with E-state index >= 15 is 0 Å². The van der Waals surface area contributed by atoms with Gasteiger partial charge >= 0.3 is 11.1 Å². The Morgan fingerprint density at radius 1 is 1.77 bits per heavy atom. The van der Waals surface area contributed by atoms with E-state index in [2.05, 4.69) is 14.8 Å². The second-order valence-corrected chi connectivity index (χ2v) is 1.94. The molecule has 1 heterocycles. The highest BCUT2D eigenvalue weighted by molar-refractivity contribution is 5.85. The molecule has 13 heavy (non-hydrogen) atoms. The van der Waals surface area contributed by atoms with Gasteiger partial charge in [0.15, 0.2) is 0 Å². The number of aromatic amines is 1. The van der Waals surface area contributed by atoms with Crippen LogP contribution in [0.2, 0.25) is 0 Å². The average Bonchev–Trinajstić information content (AvgIpc) is 2.51. The van der Waals surface area contributed by atoms with Crippen molar-refractivity contribution in [1.29, 1.82) is 0 Å². The van der Waals surface area contributed by atoms with Crippen molar-refractivity contribution in [2.75, 3.05) is 0 Å². The van der Waals surface area contributed by atoms with E-state index in [1.54, 1.807) is 6.20 Å². The Labute approximate surface area is 72.1 Å². The van der Waals surface area contributed by atoms with Gasteiger partial charge in [-0.15, -0.1) is 10.1 Å². The van der Waals surface area contributed by atoms with Gasteiger partial charge in [0.25, 0.3) is 0 Å². The molecule has 0 aliphatic rings. The number of nitrogens with zero attached hydrogens (tertiary/aromatic N) is 2. The molecule has 0 radical (unpaired) electrons. The fourth-order valence-corrected chi connectivity index (χ4v) is 0.619. The summed E-state index contributed by atoms with van der Waals surface area (Å²) in [7, 11) is 0. The molecule has 0 unspecified atom stereocenters.